The minimum absolute atomic E-state index is 0.00700. The van der Waals surface area contributed by atoms with Gasteiger partial charge in [-0.2, -0.15) is 31.4 Å². The standard InChI is InChI=1S/C25H16ClF6N3O/c26-19-3-1-2-4-20(19)35-21(13-22(34-35)25(30,31)32)16-7-9-17(10-8-16)23(36)33-14-15-5-11-18(12-6-15)24(27,28)29/h1-13H,14H2,(H,33,36). The minimum atomic E-state index is -4.68. The van der Waals surface area contributed by atoms with Crippen molar-refractivity contribution in [1.29, 1.82) is 0 Å². The van der Waals surface area contributed by atoms with Crippen molar-refractivity contribution in [2.24, 2.45) is 0 Å². The van der Waals surface area contributed by atoms with Gasteiger partial charge in [0.2, 0.25) is 0 Å². The number of nitrogens with zero attached hydrogens (tertiary/aromatic N) is 2. The lowest BCUT2D eigenvalue weighted by atomic mass is 10.1. The molecular formula is C25H16ClF6N3O. The highest BCUT2D eigenvalue weighted by atomic mass is 35.5. The van der Waals surface area contributed by atoms with Crippen molar-refractivity contribution in [3.8, 4) is 16.9 Å². The highest BCUT2D eigenvalue weighted by Gasteiger charge is 2.35. The molecule has 1 aromatic heterocycles. The van der Waals surface area contributed by atoms with E-state index in [-0.39, 0.29) is 28.5 Å². The van der Waals surface area contributed by atoms with Gasteiger partial charge >= 0.3 is 12.4 Å². The van der Waals surface area contributed by atoms with E-state index < -0.39 is 29.5 Å². The van der Waals surface area contributed by atoms with Gasteiger partial charge in [0.15, 0.2) is 5.69 Å². The van der Waals surface area contributed by atoms with Crippen molar-refractivity contribution in [3.63, 3.8) is 0 Å². The summed E-state index contributed by atoms with van der Waals surface area (Å²) in [6, 6.07) is 17.4. The maximum atomic E-state index is 13.4. The third-order valence-electron chi connectivity index (χ3n) is 5.26. The second-order valence-corrected chi connectivity index (χ2v) is 8.14. The van der Waals surface area contributed by atoms with Crippen LogP contribution in [0, 0.1) is 0 Å². The van der Waals surface area contributed by atoms with Crippen LogP contribution in [0.15, 0.2) is 78.9 Å². The monoisotopic (exact) mass is 523 g/mol. The number of halogens is 7. The van der Waals surface area contributed by atoms with E-state index in [0.717, 1.165) is 22.9 Å². The molecule has 4 nitrogen and oxygen atoms in total. The molecule has 0 aliphatic rings. The van der Waals surface area contributed by atoms with Gasteiger partial charge in [-0.15, -0.1) is 0 Å². The fourth-order valence-electron chi connectivity index (χ4n) is 3.42. The van der Waals surface area contributed by atoms with E-state index in [1.165, 1.54) is 48.5 Å². The summed E-state index contributed by atoms with van der Waals surface area (Å²) in [7, 11) is 0. The number of amides is 1. The first kappa shape index (κ1) is 25.3. The van der Waals surface area contributed by atoms with E-state index in [1.54, 1.807) is 12.1 Å². The first-order chi connectivity index (χ1) is 16.9. The number of carbonyl (C=O) groups is 1. The second-order valence-electron chi connectivity index (χ2n) is 7.73. The third-order valence-corrected chi connectivity index (χ3v) is 5.58. The molecule has 36 heavy (non-hydrogen) atoms. The molecule has 0 bridgehead atoms. The van der Waals surface area contributed by atoms with Crippen LogP contribution < -0.4 is 5.32 Å². The average molecular weight is 524 g/mol. The Morgan fingerprint density at radius 1 is 0.861 bits per heavy atom. The molecule has 186 valence electrons. The molecule has 0 aliphatic heterocycles. The molecule has 4 aromatic rings. The van der Waals surface area contributed by atoms with Gasteiger partial charge < -0.3 is 5.32 Å². The summed E-state index contributed by atoms with van der Waals surface area (Å²) in [5.74, 6) is -0.503. The number of para-hydroxylation sites is 1. The number of nitrogens with one attached hydrogen (secondary N) is 1. The Morgan fingerprint density at radius 3 is 2.08 bits per heavy atom. The summed E-state index contributed by atoms with van der Waals surface area (Å²) in [5.41, 5.74) is -0.483. The highest BCUT2D eigenvalue weighted by molar-refractivity contribution is 6.32. The molecule has 3 aromatic carbocycles. The van der Waals surface area contributed by atoms with E-state index in [4.69, 9.17) is 11.6 Å². The number of hydrogen-bond donors (Lipinski definition) is 1. The molecule has 0 unspecified atom stereocenters. The smallest absolute Gasteiger partial charge is 0.348 e. The molecule has 11 heteroatoms. The summed E-state index contributed by atoms with van der Waals surface area (Å²) in [4.78, 5) is 12.5. The van der Waals surface area contributed by atoms with Gasteiger partial charge in [0, 0.05) is 17.7 Å². The van der Waals surface area contributed by atoms with E-state index in [1.807, 2.05) is 0 Å². The van der Waals surface area contributed by atoms with Crippen molar-refractivity contribution in [3.05, 3.63) is 106 Å². The summed E-state index contributed by atoms with van der Waals surface area (Å²) in [5, 5.41) is 6.49. The quantitative estimate of drug-likeness (QED) is 0.282. The van der Waals surface area contributed by atoms with Crippen LogP contribution >= 0.6 is 11.6 Å². The first-order valence-corrected chi connectivity index (χ1v) is 10.8. The Morgan fingerprint density at radius 2 is 1.50 bits per heavy atom. The Balaban J connectivity index is 1.54. The Bertz CT molecular complexity index is 1380. The predicted octanol–water partition coefficient (Wildman–Crippen LogP) is 7.16. The lowest BCUT2D eigenvalue weighted by Gasteiger charge is -2.11. The fourth-order valence-corrected chi connectivity index (χ4v) is 3.64. The van der Waals surface area contributed by atoms with Gasteiger partial charge in [-0.05, 0) is 48.0 Å². The third kappa shape index (κ3) is 5.54. The van der Waals surface area contributed by atoms with E-state index in [9.17, 15) is 31.1 Å². The number of benzene rings is 3. The molecule has 0 aliphatic carbocycles. The molecular weight excluding hydrogens is 508 g/mol. The van der Waals surface area contributed by atoms with Crippen LogP contribution in [0.2, 0.25) is 5.02 Å². The summed E-state index contributed by atoms with van der Waals surface area (Å²) in [6.07, 6.45) is -9.13. The lowest BCUT2D eigenvalue weighted by molar-refractivity contribution is -0.141. The molecule has 0 fully saturated rings. The molecule has 0 saturated heterocycles. The van der Waals surface area contributed by atoms with E-state index in [2.05, 4.69) is 10.4 Å². The van der Waals surface area contributed by atoms with Gasteiger partial charge in [0.05, 0.1) is 22.0 Å². The van der Waals surface area contributed by atoms with Crippen molar-refractivity contribution in [2.45, 2.75) is 18.9 Å². The SMILES string of the molecule is O=C(NCc1ccc(C(F)(F)F)cc1)c1ccc(-c2cc(C(F)(F)F)nn2-c2ccccc2Cl)cc1. The molecule has 1 heterocycles. The number of aromatic nitrogens is 2. The van der Waals surface area contributed by atoms with Crippen molar-refractivity contribution < 1.29 is 31.1 Å². The van der Waals surface area contributed by atoms with Gasteiger partial charge in [0.25, 0.3) is 5.91 Å². The van der Waals surface area contributed by atoms with Crippen LogP contribution in [-0.4, -0.2) is 15.7 Å². The second kappa shape index (κ2) is 9.69. The van der Waals surface area contributed by atoms with Crippen molar-refractivity contribution in [2.75, 3.05) is 0 Å². The molecule has 0 radical (unpaired) electrons. The Hall–Kier alpha value is -3.79. The van der Waals surface area contributed by atoms with Crippen LogP contribution in [0.25, 0.3) is 16.9 Å². The van der Waals surface area contributed by atoms with Crippen molar-refractivity contribution >= 4 is 17.5 Å². The van der Waals surface area contributed by atoms with E-state index >= 15 is 0 Å². The highest BCUT2D eigenvalue weighted by Crippen LogP contribution is 2.34. The summed E-state index contributed by atoms with van der Waals surface area (Å²) < 4.78 is 79.2. The number of carbonyl (C=O) groups excluding carboxylic acids is 1. The zero-order valence-corrected chi connectivity index (χ0v) is 18.9. The topological polar surface area (TPSA) is 46.9 Å². The normalized spacial score (nSPS) is 12.0. The lowest BCUT2D eigenvalue weighted by Crippen LogP contribution is -2.22. The van der Waals surface area contributed by atoms with Gasteiger partial charge in [0.1, 0.15) is 0 Å². The Kier molecular flexibility index (Phi) is 6.81. The zero-order chi connectivity index (χ0) is 26.1. The maximum absolute atomic E-state index is 13.4. The summed E-state index contributed by atoms with van der Waals surface area (Å²) >= 11 is 6.17. The van der Waals surface area contributed by atoms with Crippen LogP contribution in [-0.2, 0) is 18.9 Å². The molecule has 0 atom stereocenters. The molecule has 1 N–H and O–H groups in total. The molecule has 0 saturated carbocycles. The first-order valence-electron chi connectivity index (χ1n) is 10.4. The van der Waals surface area contributed by atoms with E-state index in [0.29, 0.717) is 11.1 Å². The number of rotatable bonds is 5. The van der Waals surface area contributed by atoms with Crippen LogP contribution in [0.3, 0.4) is 0 Å². The van der Waals surface area contributed by atoms with Gasteiger partial charge in [-0.25, -0.2) is 4.68 Å². The fraction of sp³-hybridized carbons (Fsp3) is 0.120. The van der Waals surface area contributed by atoms with Crippen molar-refractivity contribution in [1.82, 2.24) is 15.1 Å². The Labute approximate surface area is 206 Å². The number of hydrogen-bond acceptors (Lipinski definition) is 2. The number of alkyl halides is 6. The maximum Gasteiger partial charge on any atom is 0.435 e. The van der Waals surface area contributed by atoms with Gasteiger partial charge in [-0.3, -0.25) is 4.79 Å². The molecule has 1 amide bonds. The molecule has 0 spiro atoms. The van der Waals surface area contributed by atoms with Gasteiger partial charge in [-0.1, -0.05) is 48.0 Å². The largest absolute Gasteiger partial charge is 0.435 e. The van der Waals surface area contributed by atoms with Crippen LogP contribution in [0.5, 0.6) is 0 Å². The predicted molar refractivity (Wildman–Crippen MR) is 122 cm³/mol. The minimum Gasteiger partial charge on any atom is -0.348 e. The zero-order valence-electron chi connectivity index (χ0n) is 18.2. The van der Waals surface area contributed by atoms with Crippen LogP contribution in [0.4, 0.5) is 26.3 Å². The molecule has 4 rings (SSSR count). The van der Waals surface area contributed by atoms with Crippen LogP contribution in [0.1, 0.15) is 27.2 Å². The summed E-state index contributed by atoms with van der Waals surface area (Å²) in [6.45, 7) is -0.00700. The average Bonchev–Trinajstić information content (AvgIpc) is 3.28.